The van der Waals surface area contributed by atoms with E-state index in [4.69, 9.17) is 0 Å². The van der Waals surface area contributed by atoms with Gasteiger partial charge in [-0.25, -0.2) is 0 Å². The van der Waals surface area contributed by atoms with Gasteiger partial charge in [0.05, 0.1) is 13.0 Å². The van der Waals surface area contributed by atoms with E-state index in [1.807, 2.05) is 31.2 Å². The monoisotopic (exact) mass is 330 g/mol. The molecular weight excluding hydrogens is 304 g/mol. The molecule has 1 aromatic rings. The molecule has 2 aliphatic rings. The molecule has 1 heterocycles. The summed E-state index contributed by atoms with van der Waals surface area (Å²) < 4.78 is 0. The molecule has 5 nitrogen and oxygen atoms in total. The molecule has 2 unspecified atom stereocenters. The predicted octanol–water partition coefficient (Wildman–Crippen LogP) is 2.02. The number of hydrogen-bond donors (Lipinski definition) is 2. The Labute approximate surface area is 143 Å². The molecule has 1 saturated heterocycles. The van der Waals surface area contributed by atoms with Crippen molar-refractivity contribution in [2.24, 2.45) is 5.41 Å². The van der Waals surface area contributed by atoms with Crippen LogP contribution in [0.2, 0.25) is 0 Å². The molecule has 0 bridgehead atoms. The number of rotatable bonds is 5. The Balaban J connectivity index is 1.58. The van der Waals surface area contributed by atoms with Gasteiger partial charge in [-0.15, -0.1) is 0 Å². The van der Waals surface area contributed by atoms with Crippen LogP contribution in [0.15, 0.2) is 24.3 Å². The van der Waals surface area contributed by atoms with Gasteiger partial charge < -0.3 is 15.3 Å². The van der Waals surface area contributed by atoms with Crippen LogP contribution in [0.4, 0.5) is 5.69 Å². The van der Waals surface area contributed by atoms with Gasteiger partial charge in [-0.05, 0) is 37.0 Å². The van der Waals surface area contributed by atoms with Crippen molar-refractivity contribution < 1.29 is 14.7 Å². The zero-order valence-electron chi connectivity index (χ0n) is 14.3. The van der Waals surface area contributed by atoms with E-state index in [2.05, 4.69) is 5.32 Å². The zero-order valence-corrected chi connectivity index (χ0v) is 14.3. The lowest BCUT2D eigenvalue weighted by molar-refractivity contribution is -0.122. The van der Waals surface area contributed by atoms with Gasteiger partial charge in [0.15, 0.2) is 0 Å². The minimum Gasteiger partial charge on any atom is -0.396 e. The number of anilines is 1. The maximum Gasteiger partial charge on any atom is 0.227 e. The Kier molecular flexibility index (Phi) is 4.90. The standard InChI is InChI=1S/C19H26N2O3/c1-19(13-22)10-2-4-16(19)20-17(23)12-14-6-8-15(9-7-14)21-11-3-5-18(21)24/h6-9,16,22H,2-5,10-13H2,1H3,(H,20,23). The first-order valence-corrected chi connectivity index (χ1v) is 8.81. The lowest BCUT2D eigenvalue weighted by atomic mass is 9.85. The van der Waals surface area contributed by atoms with Gasteiger partial charge in [0.1, 0.15) is 0 Å². The van der Waals surface area contributed by atoms with Crippen LogP contribution in [0.5, 0.6) is 0 Å². The molecular formula is C19H26N2O3. The summed E-state index contributed by atoms with van der Waals surface area (Å²) in [6, 6.07) is 7.72. The summed E-state index contributed by atoms with van der Waals surface area (Å²) in [6.45, 7) is 2.92. The van der Waals surface area contributed by atoms with E-state index in [1.165, 1.54) is 0 Å². The molecule has 1 aliphatic heterocycles. The molecule has 2 N–H and O–H groups in total. The first-order valence-electron chi connectivity index (χ1n) is 8.81. The van der Waals surface area contributed by atoms with Gasteiger partial charge in [-0.2, -0.15) is 0 Å². The van der Waals surface area contributed by atoms with Gasteiger partial charge in [0, 0.05) is 30.1 Å². The molecule has 1 aromatic carbocycles. The van der Waals surface area contributed by atoms with E-state index in [0.717, 1.165) is 43.5 Å². The van der Waals surface area contributed by atoms with Crippen LogP contribution < -0.4 is 10.2 Å². The van der Waals surface area contributed by atoms with Crippen molar-refractivity contribution >= 4 is 17.5 Å². The van der Waals surface area contributed by atoms with Crippen LogP contribution in [-0.2, 0) is 16.0 Å². The lowest BCUT2D eigenvalue weighted by Gasteiger charge is -2.30. The molecule has 1 aliphatic carbocycles. The fourth-order valence-electron chi connectivity index (χ4n) is 3.81. The molecule has 24 heavy (non-hydrogen) atoms. The van der Waals surface area contributed by atoms with Gasteiger partial charge in [0.2, 0.25) is 11.8 Å². The average Bonchev–Trinajstić information content (AvgIpc) is 3.15. The molecule has 3 rings (SSSR count). The van der Waals surface area contributed by atoms with Crippen LogP contribution in [0, 0.1) is 5.41 Å². The maximum absolute atomic E-state index is 12.3. The molecule has 130 valence electrons. The van der Waals surface area contributed by atoms with Crippen LogP contribution in [0.3, 0.4) is 0 Å². The Bertz CT molecular complexity index is 614. The second-order valence-corrected chi connectivity index (χ2v) is 7.32. The first kappa shape index (κ1) is 17.0. The maximum atomic E-state index is 12.3. The Morgan fingerprint density at radius 2 is 2.08 bits per heavy atom. The highest BCUT2D eigenvalue weighted by Gasteiger charge is 2.38. The molecule has 2 atom stereocenters. The number of aliphatic hydroxyl groups excluding tert-OH is 1. The SMILES string of the molecule is CC1(CO)CCCC1NC(=O)Cc1ccc(N2CCCC2=O)cc1. The van der Waals surface area contributed by atoms with Crippen molar-refractivity contribution in [3.8, 4) is 0 Å². The number of aliphatic hydroxyl groups is 1. The van der Waals surface area contributed by atoms with E-state index < -0.39 is 0 Å². The quantitative estimate of drug-likeness (QED) is 0.868. The number of carbonyl (C=O) groups excluding carboxylic acids is 2. The fourth-order valence-corrected chi connectivity index (χ4v) is 3.81. The smallest absolute Gasteiger partial charge is 0.227 e. The molecule has 2 amide bonds. The normalized spacial score (nSPS) is 26.8. The van der Waals surface area contributed by atoms with Crippen molar-refractivity contribution in [1.82, 2.24) is 5.32 Å². The third-order valence-electron chi connectivity index (χ3n) is 5.46. The number of benzene rings is 1. The molecule has 2 fully saturated rings. The van der Waals surface area contributed by atoms with E-state index in [1.54, 1.807) is 4.90 Å². The summed E-state index contributed by atoms with van der Waals surface area (Å²) in [7, 11) is 0. The average molecular weight is 330 g/mol. The second-order valence-electron chi connectivity index (χ2n) is 7.32. The highest BCUT2D eigenvalue weighted by Crippen LogP contribution is 2.37. The minimum atomic E-state index is -0.199. The summed E-state index contributed by atoms with van der Waals surface area (Å²) in [5, 5.41) is 12.7. The number of carbonyl (C=O) groups is 2. The Morgan fingerprint density at radius 1 is 1.33 bits per heavy atom. The van der Waals surface area contributed by atoms with Crippen molar-refractivity contribution in [3.05, 3.63) is 29.8 Å². The third kappa shape index (κ3) is 3.46. The largest absolute Gasteiger partial charge is 0.396 e. The molecule has 0 radical (unpaired) electrons. The summed E-state index contributed by atoms with van der Waals surface area (Å²) in [5.74, 6) is 0.164. The number of amides is 2. The number of nitrogens with zero attached hydrogens (tertiary/aromatic N) is 1. The summed E-state index contributed by atoms with van der Waals surface area (Å²) in [6.07, 6.45) is 4.78. The van der Waals surface area contributed by atoms with Crippen LogP contribution in [-0.4, -0.2) is 36.1 Å². The van der Waals surface area contributed by atoms with Crippen LogP contribution >= 0.6 is 0 Å². The Morgan fingerprint density at radius 3 is 2.71 bits per heavy atom. The van der Waals surface area contributed by atoms with Gasteiger partial charge in [0.25, 0.3) is 0 Å². The van der Waals surface area contributed by atoms with Crippen molar-refractivity contribution in [2.45, 2.75) is 51.5 Å². The summed E-state index contributed by atoms with van der Waals surface area (Å²) >= 11 is 0. The van der Waals surface area contributed by atoms with Crippen LogP contribution in [0.25, 0.3) is 0 Å². The molecule has 0 spiro atoms. The third-order valence-corrected chi connectivity index (χ3v) is 5.46. The minimum absolute atomic E-state index is 0.00780. The van der Waals surface area contributed by atoms with E-state index in [0.29, 0.717) is 12.8 Å². The van der Waals surface area contributed by atoms with Crippen molar-refractivity contribution in [2.75, 3.05) is 18.1 Å². The molecule has 5 heteroatoms. The summed E-state index contributed by atoms with van der Waals surface area (Å²) in [5.41, 5.74) is 1.65. The van der Waals surface area contributed by atoms with Crippen LogP contribution in [0.1, 0.15) is 44.6 Å². The highest BCUT2D eigenvalue weighted by atomic mass is 16.3. The van der Waals surface area contributed by atoms with E-state index in [9.17, 15) is 14.7 Å². The van der Waals surface area contributed by atoms with Crippen molar-refractivity contribution in [1.29, 1.82) is 0 Å². The lowest BCUT2D eigenvalue weighted by Crippen LogP contribution is -2.45. The summed E-state index contributed by atoms with van der Waals surface area (Å²) in [4.78, 5) is 25.9. The zero-order chi connectivity index (χ0) is 17.2. The predicted molar refractivity (Wildman–Crippen MR) is 92.7 cm³/mol. The van der Waals surface area contributed by atoms with Gasteiger partial charge in [-0.3, -0.25) is 9.59 Å². The first-order chi connectivity index (χ1) is 11.5. The second kappa shape index (κ2) is 6.93. The molecule has 0 aromatic heterocycles. The van der Waals surface area contributed by atoms with Crippen molar-refractivity contribution in [3.63, 3.8) is 0 Å². The van der Waals surface area contributed by atoms with E-state index >= 15 is 0 Å². The van der Waals surface area contributed by atoms with Gasteiger partial charge >= 0.3 is 0 Å². The Hall–Kier alpha value is -1.88. The fraction of sp³-hybridized carbons (Fsp3) is 0.579. The highest BCUT2D eigenvalue weighted by molar-refractivity contribution is 5.95. The van der Waals surface area contributed by atoms with Gasteiger partial charge in [-0.1, -0.05) is 25.5 Å². The topological polar surface area (TPSA) is 69.6 Å². The number of hydrogen-bond acceptors (Lipinski definition) is 3. The molecule has 1 saturated carbocycles. The van der Waals surface area contributed by atoms with E-state index in [-0.39, 0.29) is 29.9 Å². The number of nitrogens with one attached hydrogen (secondary N) is 1.